The predicted molar refractivity (Wildman–Crippen MR) is 51.4 cm³/mol. The molecule has 0 fully saturated rings. The van der Waals surface area contributed by atoms with E-state index in [4.69, 9.17) is 9.47 Å². The van der Waals surface area contributed by atoms with Crippen LogP contribution < -0.4 is 0 Å². The predicted octanol–water partition coefficient (Wildman–Crippen LogP) is 1.78. The molecule has 13 heavy (non-hydrogen) atoms. The fraction of sp³-hybridized carbons (Fsp3) is 0.700. The molecule has 0 heterocycles. The van der Waals surface area contributed by atoms with Crippen LogP contribution in [-0.2, 0) is 14.3 Å². The molecule has 0 atom stereocenters. The Hall–Kier alpha value is -0.830. The molecule has 3 heteroatoms. The van der Waals surface area contributed by atoms with Crippen molar-refractivity contribution < 1.29 is 14.3 Å². The number of carbonyl (C=O) groups excluding carboxylic acids is 1. The van der Waals surface area contributed by atoms with Crippen LogP contribution in [0.1, 0.15) is 20.8 Å². The number of hydrogen-bond donors (Lipinski definition) is 0. The maximum Gasteiger partial charge on any atom is 0.330 e. The van der Waals surface area contributed by atoms with Crippen LogP contribution in [-0.4, -0.2) is 25.8 Å². The van der Waals surface area contributed by atoms with E-state index < -0.39 is 5.97 Å². The monoisotopic (exact) mass is 186 g/mol. The van der Waals surface area contributed by atoms with E-state index >= 15 is 0 Å². The van der Waals surface area contributed by atoms with E-state index in [1.54, 1.807) is 0 Å². The van der Waals surface area contributed by atoms with E-state index in [0.717, 1.165) is 6.08 Å². The molecule has 0 aliphatic rings. The van der Waals surface area contributed by atoms with Crippen LogP contribution in [0.2, 0.25) is 0 Å². The molecule has 0 aromatic rings. The van der Waals surface area contributed by atoms with E-state index in [9.17, 15) is 4.79 Å². The zero-order valence-corrected chi connectivity index (χ0v) is 8.63. The maximum atomic E-state index is 10.6. The third-order valence-electron chi connectivity index (χ3n) is 1.17. The highest BCUT2D eigenvalue weighted by Gasteiger charge is 2.09. The molecule has 0 spiro atoms. The molecule has 0 bridgehead atoms. The Morgan fingerprint density at radius 1 is 1.38 bits per heavy atom. The molecule has 0 aliphatic heterocycles. The lowest BCUT2D eigenvalue weighted by molar-refractivity contribution is -0.139. The van der Waals surface area contributed by atoms with Crippen molar-refractivity contribution >= 4 is 5.97 Å². The van der Waals surface area contributed by atoms with Crippen molar-refractivity contribution in [2.45, 2.75) is 20.8 Å². The Bertz CT molecular complexity index is 167. The molecular weight excluding hydrogens is 168 g/mol. The normalized spacial score (nSPS) is 11.0. The average molecular weight is 186 g/mol. The quantitative estimate of drug-likeness (QED) is 0.373. The smallest absolute Gasteiger partial charge is 0.330 e. The number of esters is 1. The summed E-state index contributed by atoms with van der Waals surface area (Å²) >= 11 is 0. The summed E-state index contributed by atoms with van der Waals surface area (Å²) in [5.74, 6) is -0.403. The van der Waals surface area contributed by atoms with Crippen LogP contribution in [0.4, 0.5) is 0 Å². The van der Waals surface area contributed by atoms with Gasteiger partial charge in [-0.2, -0.15) is 0 Å². The van der Waals surface area contributed by atoms with Crippen LogP contribution in [0, 0.1) is 5.41 Å². The van der Waals surface area contributed by atoms with Crippen LogP contribution in [0.15, 0.2) is 12.7 Å². The van der Waals surface area contributed by atoms with Gasteiger partial charge < -0.3 is 9.47 Å². The average Bonchev–Trinajstić information content (AvgIpc) is 2.01. The first-order valence-corrected chi connectivity index (χ1v) is 4.32. The molecule has 0 radical (unpaired) electrons. The first-order chi connectivity index (χ1) is 5.95. The van der Waals surface area contributed by atoms with Crippen molar-refractivity contribution in [3.05, 3.63) is 12.7 Å². The molecular formula is C10H18O3. The largest absolute Gasteiger partial charge is 0.460 e. The minimum atomic E-state index is -0.403. The molecule has 0 saturated heterocycles. The van der Waals surface area contributed by atoms with Crippen molar-refractivity contribution in [2.75, 3.05) is 19.8 Å². The molecule has 0 saturated carbocycles. The van der Waals surface area contributed by atoms with E-state index in [2.05, 4.69) is 27.4 Å². The van der Waals surface area contributed by atoms with Gasteiger partial charge in [-0.15, -0.1) is 0 Å². The fourth-order valence-electron chi connectivity index (χ4n) is 0.638. The first-order valence-electron chi connectivity index (χ1n) is 4.32. The van der Waals surface area contributed by atoms with Gasteiger partial charge in [0.25, 0.3) is 0 Å². The van der Waals surface area contributed by atoms with Gasteiger partial charge >= 0.3 is 5.97 Å². The Kier molecular flexibility index (Phi) is 5.39. The van der Waals surface area contributed by atoms with E-state index in [1.165, 1.54) is 0 Å². The van der Waals surface area contributed by atoms with Crippen LogP contribution in [0.3, 0.4) is 0 Å². The molecule has 0 unspecified atom stereocenters. The van der Waals surface area contributed by atoms with Crippen molar-refractivity contribution in [3.63, 3.8) is 0 Å². The zero-order valence-electron chi connectivity index (χ0n) is 8.63. The van der Waals surface area contributed by atoms with Crippen molar-refractivity contribution in [2.24, 2.45) is 5.41 Å². The summed E-state index contributed by atoms with van der Waals surface area (Å²) in [5, 5.41) is 0. The molecule has 3 nitrogen and oxygen atoms in total. The summed E-state index contributed by atoms with van der Waals surface area (Å²) in [7, 11) is 0. The summed E-state index contributed by atoms with van der Waals surface area (Å²) in [5.41, 5.74) is 0.155. The Morgan fingerprint density at radius 3 is 2.46 bits per heavy atom. The SMILES string of the molecule is C=CC(=O)OCCOCC(C)(C)C. The maximum absolute atomic E-state index is 10.6. The minimum Gasteiger partial charge on any atom is -0.460 e. The lowest BCUT2D eigenvalue weighted by atomic mass is 9.99. The molecule has 76 valence electrons. The van der Waals surface area contributed by atoms with Crippen LogP contribution >= 0.6 is 0 Å². The summed E-state index contributed by atoms with van der Waals surface area (Å²) in [6, 6.07) is 0. The number of hydrogen-bond acceptors (Lipinski definition) is 3. The highest BCUT2D eigenvalue weighted by atomic mass is 16.6. The number of rotatable bonds is 5. The topological polar surface area (TPSA) is 35.5 Å². The van der Waals surface area contributed by atoms with Crippen molar-refractivity contribution in [1.82, 2.24) is 0 Å². The standard InChI is InChI=1S/C10H18O3/c1-5-9(11)13-7-6-12-8-10(2,3)4/h5H,1,6-8H2,2-4H3. The number of ether oxygens (including phenoxy) is 2. The van der Waals surface area contributed by atoms with Gasteiger partial charge in [-0.3, -0.25) is 0 Å². The van der Waals surface area contributed by atoms with Gasteiger partial charge in [-0.25, -0.2) is 4.79 Å². The Balaban J connectivity index is 3.27. The lowest BCUT2D eigenvalue weighted by Crippen LogP contribution is -2.17. The molecule has 0 aromatic heterocycles. The second-order valence-electron chi connectivity index (χ2n) is 3.98. The van der Waals surface area contributed by atoms with Gasteiger partial charge in [0.15, 0.2) is 0 Å². The first kappa shape index (κ1) is 12.2. The molecule has 0 aromatic carbocycles. The number of carbonyl (C=O) groups is 1. The van der Waals surface area contributed by atoms with E-state index in [-0.39, 0.29) is 5.41 Å². The Morgan fingerprint density at radius 2 is 2.00 bits per heavy atom. The van der Waals surface area contributed by atoms with Gasteiger partial charge in [0, 0.05) is 6.08 Å². The van der Waals surface area contributed by atoms with Crippen molar-refractivity contribution in [3.8, 4) is 0 Å². The van der Waals surface area contributed by atoms with E-state index in [0.29, 0.717) is 19.8 Å². The second kappa shape index (κ2) is 5.75. The van der Waals surface area contributed by atoms with Gasteiger partial charge in [0.1, 0.15) is 6.61 Å². The zero-order chi connectivity index (χ0) is 10.3. The molecule has 0 rings (SSSR count). The van der Waals surface area contributed by atoms with Gasteiger partial charge in [0.05, 0.1) is 13.2 Å². The summed E-state index contributed by atoms with van der Waals surface area (Å²) < 4.78 is 10.0. The van der Waals surface area contributed by atoms with Gasteiger partial charge in [0.2, 0.25) is 0 Å². The highest BCUT2D eigenvalue weighted by Crippen LogP contribution is 2.12. The third kappa shape index (κ3) is 9.08. The lowest BCUT2D eigenvalue weighted by Gasteiger charge is -2.17. The minimum absolute atomic E-state index is 0.155. The third-order valence-corrected chi connectivity index (χ3v) is 1.17. The highest BCUT2D eigenvalue weighted by molar-refractivity contribution is 5.81. The summed E-state index contributed by atoms with van der Waals surface area (Å²) in [6.07, 6.45) is 1.14. The second-order valence-corrected chi connectivity index (χ2v) is 3.98. The van der Waals surface area contributed by atoms with Crippen LogP contribution in [0.25, 0.3) is 0 Å². The molecule has 0 N–H and O–H groups in total. The fourth-order valence-corrected chi connectivity index (χ4v) is 0.638. The van der Waals surface area contributed by atoms with Crippen molar-refractivity contribution in [1.29, 1.82) is 0 Å². The van der Waals surface area contributed by atoms with Gasteiger partial charge in [-0.1, -0.05) is 27.4 Å². The molecule has 0 aliphatic carbocycles. The summed E-state index contributed by atoms with van der Waals surface area (Å²) in [6.45, 7) is 10.9. The Labute approximate surface area is 79.7 Å². The van der Waals surface area contributed by atoms with Crippen LogP contribution in [0.5, 0.6) is 0 Å². The summed E-state index contributed by atoms with van der Waals surface area (Å²) in [4.78, 5) is 10.6. The van der Waals surface area contributed by atoms with E-state index in [1.807, 2.05) is 0 Å². The van der Waals surface area contributed by atoms with Gasteiger partial charge in [-0.05, 0) is 5.41 Å². The molecule has 0 amide bonds.